The van der Waals surface area contributed by atoms with Crippen molar-refractivity contribution in [2.45, 2.75) is 51.1 Å². The molecule has 1 unspecified atom stereocenters. The summed E-state index contributed by atoms with van der Waals surface area (Å²) in [7, 11) is 0. The first-order chi connectivity index (χ1) is 8.60. The fraction of sp³-hybridized carbons (Fsp3) is 0.667. The van der Waals surface area contributed by atoms with E-state index in [1.165, 1.54) is 32.4 Å². The van der Waals surface area contributed by atoms with Crippen molar-refractivity contribution in [1.82, 2.24) is 9.88 Å². The van der Waals surface area contributed by atoms with E-state index in [9.17, 15) is 0 Å². The third-order valence-corrected chi connectivity index (χ3v) is 4.23. The summed E-state index contributed by atoms with van der Waals surface area (Å²) in [6, 6.07) is 6.17. The van der Waals surface area contributed by atoms with E-state index >= 15 is 0 Å². The van der Waals surface area contributed by atoms with E-state index in [1.54, 1.807) is 0 Å². The molecule has 1 fully saturated rings. The zero-order valence-corrected chi connectivity index (χ0v) is 11.6. The average Bonchev–Trinajstić information content (AvgIpc) is 2.41. The van der Waals surface area contributed by atoms with Gasteiger partial charge in [0.15, 0.2) is 0 Å². The number of hydrogen-bond donors (Lipinski definition) is 1. The lowest BCUT2D eigenvalue weighted by Crippen LogP contribution is -2.58. The second-order valence-corrected chi connectivity index (χ2v) is 5.83. The molecular weight excluding hydrogens is 222 g/mol. The molecule has 3 heteroatoms. The molecule has 0 bridgehead atoms. The molecular formula is C15H25N3. The van der Waals surface area contributed by atoms with Gasteiger partial charge in [-0.2, -0.15) is 0 Å². The zero-order valence-electron chi connectivity index (χ0n) is 11.6. The topological polar surface area (TPSA) is 42.1 Å². The minimum absolute atomic E-state index is 0.0535. The number of nitrogens with two attached hydrogens (primary N) is 1. The summed E-state index contributed by atoms with van der Waals surface area (Å²) < 4.78 is 0. The van der Waals surface area contributed by atoms with Crippen molar-refractivity contribution in [2.24, 2.45) is 5.73 Å². The third-order valence-electron chi connectivity index (χ3n) is 4.23. The van der Waals surface area contributed by atoms with E-state index in [0.717, 1.165) is 12.1 Å². The lowest BCUT2D eigenvalue weighted by molar-refractivity contribution is 0.0729. The maximum Gasteiger partial charge on any atom is 0.0419 e. The highest BCUT2D eigenvalue weighted by Crippen LogP contribution is 2.24. The molecule has 2 rings (SSSR count). The molecule has 1 aliphatic heterocycles. The summed E-state index contributed by atoms with van der Waals surface area (Å²) in [5, 5.41) is 0. The summed E-state index contributed by atoms with van der Waals surface area (Å²) in [4.78, 5) is 6.92. The third kappa shape index (κ3) is 3.09. The minimum atomic E-state index is 0.0535. The SMILES string of the molecule is CC(C)(C(N)Cc1ccccn1)N1CCCCC1. The van der Waals surface area contributed by atoms with Gasteiger partial charge in [0.05, 0.1) is 0 Å². The lowest BCUT2D eigenvalue weighted by Gasteiger charge is -2.44. The van der Waals surface area contributed by atoms with E-state index in [2.05, 4.69) is 29.8 Å². The maximum absolute atomic E-state index is 6.43. The van der Waals surface area contributed by atoms with Crippen molar-refractivity contribution in [3.63, 3.8) is 0 Å². The normalized spacial score (nSPS) is 19.7. The van der Waals surface area contributed by atoms with Crippen LogP contribution in [0.5, 0.6) is 0 Å². The molecule has 0 radical (unpaired) electrons. The predicted molar refractivity (Wildman–Crippen MR) is 75.4 cm³/mol. The van der Waals surface area contributed by atoms with Crippen LogP contribution in [0.1, 0.15) is 38.8 Å². The van der Waals surface area contributed by atoms with Crippen LogP contribution in [-0.4, -0.2) is 34.6 Å². The van der Waals surface area contributed by atoms with Crippen molar-refractivity contribution < 1.29 is 0 Å². The van der Waals surface area contributed by atoms with Gasteiger partial charge in [-0.3, -0.25) is 9.88 Å². The summed E-state index contributed by atoms with van der Waals surface area (Å²) in [5.41, 5.74) is 7.58. The number of pyridine rings is 1. The zero-order chi connectivity index (χ0) is 13.0. The Kier molecular flexibility index (Phi) is 4.36. The maximum atomic E-state index is 6.43. The fourth-order valence-electron chi connectivity index (χ4n) is 2.70. The van der Waals surface area contributed by atoms with Gasteiger partial charge in [0.2, 0.25) is 0 Å². The Hall–Kier alpha value is -0.930. The largest absolute Gasteiger partial charge is 0.326 e. The Balaban J connectivity index is 2.00. The quantitative estimate of drug-likeness (QED) is 0.887. The van der Waals surface area contributed by atoms with Gasteiger partial charge in [0.25, 0.3) is 0 Å². The second kappa shape index (κ2) is 5.81. The van der Waals surface area contributed by atoms with Crippen LogP contribution < -0.4 is 5.73 Å². The summed E-state index contributed by atoms with van der Waals surface area (Å²) in [6.45, 7) is 6.91. The Morgan fingerprint density at radius 1 is 1.28 bits per heavy atom. The van der Waals surface area contributed by atoms with Gasteiger partial charge in [0.1, 0.15) is 0 Å². The van der Waals surface area contributed by atoms with Crippen LogP contribution in [0.2, 0.25) is 0 Å². The summed E-state index contributed by atoms with van der Waals surface area (Å²) in [5.74, 6) is 0. The molecule has 18 heavy (non-hydrogen) atoms. The van der Waals surface area contributed by atoms with Crippen molar-refractivity contribution in [2.75, 3.05) is 13.1 Å². The summed E-state index contributed by atoms with van der Waals surface area (Å²) in [6.07, 6.45) is 6.67. The number of rotatable bonds is 4. The van der Waals surface area contributed by atoms with E-state index in [1.807, 2.05) is 18.3 Å². The van der Waals surface area contributed by atoms with E-state index in [0.29, 0.717) is 0 Å². The van der Waals surface area contributed by atoms with Gasteiger partial charge in [-0.15, -0.1) is 0 Å². The van der Waals surface area contributed by atoms with Crippen LogP contribution in [0.15, 0.2) is 24.4 Å². The molecule has 3 nitrogen and oxygen atoms in total. The van der Waals surface area contributed by atoms with E-state index < -0.39 is 0 Å². The molecule has 1 aromatic heterocycles. The van der Waals surface area contributed by atoms with Gasteiger partial charge in [-0.1, -0.05) is 12.5 Å². The number of piperidine rings is 1. The van der Waals surface area contributed by atoms with Gasteiger partial charge in [0, 0.05) is 29.9 Å². The number of nitrogens with zero attached hydrogens (tertiary/aromatic N) is 2. The minimum Gasteiger partial charge on any atom is -0.326 e. The molecule has 2 heterocycles. The molecule has 1 aliphatic rings. The van der Waals surface area contributed by atoms with Crippen LogP contribution in [-0.2, 0) is 6.42 Å². The molecule has 0 aromatic carbocycles. The highest BCUT2D eigenvalue weighted by molar-refractivity contribution is 5.08. The predicted octanol–water partition coefficient (Wildman–Crippen LogP) is 2.22. The Labute approximate surface area is 110 Å². The van der Waals surface area contributed by atoms with Gasteiger partial charge in [-0.25, -0.2) is 0 Å². The number of hydrogen-bond acceptors (Lipinski definition) is 3. The van der Waals surface area contributed by atoms with Crippen molar-refractivity contribution in [1.29, 1.82) is 0 Å². The van der Waals surface area contributed by atoms with Crippen LogP contribution >= 0.6 is 0 Å². The molecule has 0 aliphatic carbocycles. The standard InChI is InChI=1S/C15H25N3/c1-15(2,18-10-6-3-7-11-18)14(16)12-13-8-4-5-9-17-13/h4-5,8-9,14H,3,6-7,10-12,16H2,1-2H3. The van der Waals surface area contributed by atoms with Crippen LogP contribution in [0.3, 0.4) is 0 Å². The van der Waals surface area contributed by atoms with Crippen molar-refractivity contribution in [3.05, 3.63) is 30.1 Å². The molecule has 2 N–H and O–H groups in total. The van der Waals surface area contributed by atoms with E-state index in [4.69, 9.17) is 5.73 Å². The first-order valence-electron chi connectivity index (χ1n) is 7.01. The molecule has 0 amide bonds. The second-order valence-electron chi connectivity index (χ2n) is 5.83. The Morgan fingerprint density at radius 3 is 2.61 bits per heavy atom. The first-order valence-corrected chi connectivity index (χ1v) is 7.01. The summed E-state index contributed by atoms with van der Waals surface area (Å²) >= 11 is 0. The average molecular weight is 247 g/mol. The molecule has 0 spiro atoms. The van der Waals surface area contributed by atoms with Crippen LogP contribution in [0, 0.1) is 0 Å². The number of aromatic nitrogens is 1. The lowest BCUT2D eigenvalue weighted by atomic mass is 9.88. The highest BCUT2D eigenvalue weighted by Gasteiger charge is 2.33. The van der Waals surface area contributed by atoms with Crippen LogP contribution in [0.25, 0.3) is 0 Å². The fourth-order valence-corrected chi connectivity index (χ4v) is 2.70. The monoisotopic (exact) mass is 247 g/mol. The smallest absolute Gasteiger partial charge is 0.0419 e. The van der Waals surface area contributed by atoms with Gasteiger partial charge < -0.3 is 5.73 Å². The molecule has 0 saturated carbocycles. The Morgan fingerprint density at radius 2 is 2.00 bits per heavy atom. The van der Waals surface area contributed by atoms with Crippen LogP contribution in [0.4, 0.5) is 0 Å². The molecule has 1 atom stereocenters. The van der Waals surface area contributed by atoms with Gasteiger partial charge in [-0.05, 0) is 51.9 Å². The van der Waals surface area contributed by atoms with Crippen molar-refractivity contribution in [3.8, 4) is 0 Å². The Bertz CT molecular complexity index is 355. The first kappa shape index (κ1) is 13.5. The number of likely N-dealkylation sites (tertiary alicyclic amines) is 1. The molecule has 1 saturated heterocycles. The van der Waals surface area contributed by atoms with E-state index in [-0.39, 0.29) is 11.6 Å². The van der Waals surface area contributed by atoms with Gasteiger partial charge >= 0.3 is 0 Å². The highest BCUT2D eigenvalue weighted by atomic mass is 15.2. The molecule has 1 aromatic rings. The molecule has 100 valence electrons. The van der Waals surface area contributed by atoms with Crippen molar-refractivity contribution >= 4 is 0 Å².